The second kappa shape index (κ2) is 4.61. The van der Waals surface area contributed by atoms with Gasteiger partial charge in [-0.15, -0.1) is 0 Å². The Hall–Kier alpha value is -2.56. The Bertz CT molecular complexity index is 679. The van der Waals surface area contributed by atoms with Crippen molar-refractivity contribution in [3.8, 4) is 5.75 Å². The number of hydrogen-bond acceptors (Lipinski definition) is 3. The van der Waals surface area contributed by atoms with Crippen molar-refractivity contribution in [1.29, 1.82) is 0 Å². The van der Waals surface area contributed by atoms with Gasteiger partial charge in [0.15, 0.2) is 0 Å². The number of amides is 2. The summed E-state index contributed by atoms with van der Waals surface area (Å²) in [6.07, 6.45) is 0.640. The van der Waals surface area contributed by atoms with Crippen LogP contribution < -0.4 is 15.9 Å². The number of urea groups is 1. The van der Waals surface area contributed by atoms with Gasteiger partial charge in [0.05, 0.1) is 12.3 Å². The van der Waals surface area contributed by atoms with Gasteiger partial charge < -0.3 is 10.5 Å². The zero-order valence-electron chi connectivity index (χ0n) is 10.2. The third-order valence-corrected chi connectivity index (χ3v) is 3.08. The Morgan fingerprint density at radius 1 is 1.26 bits per heavy atom. The molecule has 1 aliphatic heterocycles. The number of nitrogens with one attached hydrogen (secondary N) is 1. The molecule has 0 unspecified atom stereocenters. The summed E-state index contributed by atoms with van der Waals surface area (Å²) < 4.78 is 5.64. The van der Waals surface area contributed by atoms with E-state index in [2.05, 4.69) is 10.5 Å². The molecule has 0 atom stereocenters. The highest BCUT2D eigenvalue weighted by Gasteiger charge is 2.19. The molecule has 3 N–H and O–H groups in total. The quantitative estimate of drug-likeness (QED) is 0.764. The van der Waals surface area contributed by atoms with Crippen LogP contribution in [0.25, 0.3) is 10.8 Å². The molecule has 96 valence electrons. The number of primary amides is 1. The predicted octanol–water partition coefficient (Wildman–Crippen LogP) is 1.99. The highest BCUT2D eigenvalue weighted by molar-refractivity contribution is 6.13. The molecule has 1 heterocycles. The van der Waals surface area contributed by atoms with Gasteiger partial charge in [-0.3, -0.25) is 0 Å². The van der Waals surface area contributed by atoms with E-state index in [-0.39, 0.29) is 0 Å². The van der Waals surface area contributed by atoms with Gasteiger partial charge in [-0.05, 0) is 16.8 Å². The number of fused-ring (bicyclic) bond motifs is 3. The first-order valence-corrected chi connectivity index (χ1v) is 6.02. The minimum absolute atomic E-state index is 0.546. The molecule has 2 amide bonds. The Morgan fingerprint density at radius 2 is 2.11 bits per heavy atom. The average molecular weight is 255 g/mol. The maximum absolute atomic E-state index is 10.8. The number of nitrogens with two attached hydrogens (primary N) is 1. The lowest BCUT2D eigenvalue weighted by atomic mass is 9.97. The van der Waals surface area contributed by atoms with Crippen molar-refractivity contribution < 1.29 is 9.53 Å². The molecule has 0 aromatic heterocycles. The summed E-state index contributed by atoms with van der Waals surface area (Å²) in [5.74, 6) is 0.787. The van der Waals surface area contributed by atoms with Gasteiger partial charge in [0.1, 0.15) is 5.75 Å². The molecule has 0 saturated heterocycles. The molecule has 0 saturated carbocycles. The summed E-state index contributed by atoms with van der Waals surface area (Å²) in [5.41, 5.74) is 9.06. The number of benzene rings is 2. The Kier molecular flexibility index (Phi) is 2.79. The van der Waals surface area contributed by atoms with Gasteiger partial charge >= 0.3 is 6.03 Å². The predicted molar refractivity (Wildman–Crippen MR) is 73.3 cm³/mol. The van der Waals surface area contributed by atoms with E-state index in [1.165, 1.54) is 0 Å². The first kappa shape index (κ1) is 11.5. The lowest BCUT2D eigenvalue weighted by Crippen LogP contribution is -2.27. The highest BCUT2D eigenvalue weighted by Crippen LogP contribution is 2.32. The number of hydrazone groups is 1. The van der Waals surface area contributed by atoms with Crippen molar-refractivity contribution >= 4 is 22.5 Å². The van der Waals surface area contributed by atoms with Gasteiger partial charge in [0.25, 0.3) is 0 Å². The van der Waals surface area contributed by atoms with Crippen molar-refractivity contribution in [1.82, 2.24) is 5.43 Å². The standard InChI is InChI=1S/C14H13N3O2/c15-14(18)17-16-11-7-8-19-12-6-5-9-3-1-2-4-10(9)13(11)12/h1-6H,7-8H2,(H3,15,17,18)/b16-11-. The molecule has 0 spiro atoms. The van der Waals surface area contributed by atoms with E-state index in [4.69, 9.17) is 10.5 Å². The Morgan fingerprint density at radius 3 is 2.95 bits per heavy atom. The van der Waals surface area contributed by atoms with E-state index in [0.717, 1.165) is 27.8 Å². The smallest absolute Gasteiger partial charge is 0.332 e. The third kappa shape index (κ3) is 2.10. The number of carbonyl (C=O) groups is 1. The average Bonchev–Trinajstić information content (AvgIpc) is 2.44. The van der Waals surface area contributed by atoms with Crippen LogP contribution in [0.15, 0.2) is 41.5 Å². The molecule has 19 heavy (non-hydrogen) atoms. The Balaban J connectivity index is 2.18. The van der Waals surface area contributed by atoms with Gasteiger partial charge in [-0.2, -0.15) is 5.10 Å². The van der Waals surface area contributed by atoms with Crippen molar-refractivity contribution in [3.63, 3.8) is 0 Å². The Labute approximate surface area is 110 Å². The molecule has 0 radical (unpaired) electrons. The van der Waals surface area contributed by atoms with Crippen LogP contribution in [0.1, 0.15) is 12.0 Å². The molecular formula is C14H13N3O2. The molecule has 0 bridgehead atoms. The van der Waals surface area contributed by atoms with Crippen LogP contribution in [0.5, 0.6) is 5.75 Å². The highest BCUT2D eigenvalue weighted by atomic mass is 16.5. The second-order valence-corrected chi connectivity index (χ2v) is 4.29. The van der Waals surface area contributed by atoms with Crippen LogP contribution in [0, 0.1) is 0 Å². The van der Waals surface area contributed by atoms with Gasteiger partial charge in [-0.1, -0.05) is 30.3 Å². The lowest BCUT2D eigenvalue weighted by molar-refractivity contribution is 0.249. The summed E-state index contributed by atoms with van der Waals surface area (Å²) in [7, 11) is 0. The zero-order valence-corrected chi connectivity index (χ0v) is 10.2. The molecule has 0 aliphatic carbocycles. The van der Waals surface area contributed by atoms with Crippen LogP contribution in [-0.2, 0) is 0 Å². The van der Waals surface area contributed by atoms with Crippen molar-refractivity contribution in [2.75, 3.05) is 6.61 Å². The molecule has 0 fully saturated rings. The summed E-state index contributed by atoms with van der Waals surface area (Å²) in [5, 5.41) is 6.26. The molecule has 5 heteroatoms. The molecule has 3 rings (SSSR count). The van der Waals surface area contributed by atoms with E-state index >= 15 is 0 Å². The normalized spacial score (nSPS) is 15.9. The summed E-state index contributed by atoms with van der Waals surface area (Å²) in [6, 6.07) is 11.3. The van der Waals surface area contributed by atoms with Gasteiger partial charge in [0, 0.05) is 12.0 Å². The minimum atomic E-state index is -0.666. The van der Waals surface area contributed by atoms with Crippen LogP contribution >= 0.6 is 0 Å². The fourth-order valence-corrected chi connectivity index (χ4v) is 2.29. The lowest BCUT2D eigenvalue weighted by Gasteiger charge is -2.20. The summed E-state index contributed by atoms with van der Waals surface area (Å²) in [6.45, 7) is 0.546. The number of ether oxygens (including phenoxy) is 1. The van der Waals surface area contributed by atoms with Crippen molar-refractivity contribution in [2.45, 2.75) is 6.42 Å². The minimum Gasteiger partial charge on any atom is -0.492 e. The van der Waals surface area contributed by atoms with Gasteiger partial charge in [-0.25, -0.2) is 10.2 Å². The summed E-state index contributed by atoms with van der Waals surface area (Å²) in [4.78, 5) is 10.8. The monoisotopic (exact) mass is 255 g/mol. The first-order chi connectivity index (χ1) is 9.25. The zero-order chi connectivity index (χ0) is 13.2. The van der Waals surface area contributed by atoms with Crippen LogP contribution in [0.3, 0.4) is 0 Å². The van der Waals surface area contributed by atoms with E-state index in [1.807, 2.05) is 36.4 Å². The topological polar surface area (TPSA) is 76.7 Å². The maximum atomic E-state index is 10.8. The van der Waals surface area contributed by atoms with E-state index in [9.17, 15) is 4.79 Å². The fourth-order valence-electron chi connectivity index (χ4n) is 2.29. The number of rotatable bonds is 1. The van der Waals surface area contributed by atoms with Crippen molar-refractivity contribution in [2.24, 2.45) is 10.8 Å². The number of carbonyl (C=O) groups excluding carboxylic acids is 1. The summed E-state index contributed by atoms with van der Waals surface area (Å²) >= 11 is 0. The number of nitrogens with zero attached hydrogens (tertiary/aromatic N) is 1. The second-order valence-electron chi connectivity index (χ2n) is 4.29. The largest absolute Gasteiger partial charge is 0.492 e. The van der Waals surface area contributed by atoms with Crippen molar-refractivity contribution in [3.05, 3.63) is 42.0 Å². The molecule has 2 aromatic rings. The SMILES string of the molecule is NC(=O)N/N=C1/CCOc2ccc3ccccc3c21. The van der Waals surface area contributed by atoms with E-state index in [0.29, 0.717) is 13.0 Å². The fraction of sp³-hybridized carbons (Fsp3) is 0.143. The molecule has 5 nitrogen and oxygen atoms in total. The van der Waals surface area contributed by atoms with E-state index in [1.54, 1.807) is 0 Å². The maximum Gasteiger partial charge on any atom is 0.332 e. The van der Waals surface area contributed by atoms with Crippen LogP contribution in [0.2, 0.25) is 0 Å². The molecular weight excluding hydrogens is 242 g/mol. The third-order valence-electron chi connectivity index (χ3n) is 3.08. The molecule has 1 aliphatic rings. The number of hydrogen-bond donors (Lipinski definition) is 2. The van der Waals surface area contributed by atoms with Crippen LogP contribution in [0.4, 0.5) is 4.79 Å². The molecule has 2 aromatic carbocycles. The van der Waals surface area contributed by atoms with Gasteiger partial charge in [0.2, 0.25) is 0 Å². The first-order valence-electron chi connectivity index (χ1n) is 6.02. The van der Waals surface area contributed by atoms with E-state index < -0.39 is 6.03 Å². The van der Waals surface area contributed by atoms with Crippen LogP contribution in [-0.4, -0.2) is 18.3 Å².